The topological polar surface area (TPSA) is 40.5 Å². The third-order valence-electron chi connectivity index (χ3n) is 6.74. The summed E-state index contributed by atoms with van der Waals surface area (Å²) < 4.78 is 0.821. The molecule has 3 aliphatic carbocycles. The lowest BCUT2D eigenvalue weighted by molar-refractivity contribution is -0.0226. The number of fused-ring (bicyclic) bond motifs is 5. The van der Waals surface area contributed by atoms with Crippen LogP contribution in [0.4, 0.5) is 0 Å². The van der Waals surface area contributed by atoms with E-state index < -0.39 is 0 Å². The minimum absolute atomic E-state index is 0.101. The third-order valence-corrected chi connectivity index (χ3v) is 7.38. The third kappa shape index (κ3) is 1.93. The van der Waals surface area contributed by atoms with E-state index in [1.54, 1.807) is 0 Å². The number of halogens is 1. The highest BCUT2D eigenvalue weighted by Crippen LogP contribution is 2.61. The van der Waals surface area contributed by atoms with Gasteiger partial charge < -0.3 is 10.2 Å². The van der Waals surface area contributed by atoms with Gasteiger partial charge in [0.05, 0.1) is 10.6 Å². The quantitative estimate of drug-likeness (QED) is 0.729. The number of rotatable bonds is 0. The molecule has 0 spiro atoms. The lowest BCUT2D eigenvalue weighted by atomic mass is 9.55. The van der Waals surface area contributed by atoms with Crippen LogP contribution in [0.3, 0.4) is 0 Å². The highest BCUT2D eigenvalue weighted by Gasteiger charge is 2.54. The predicted octanol–water partition coefficient (Wildman–Crippen LogP) is 4.37. The molecule has 0 unspecified atom stereocenters. The van der Waals surface area contributed by atoms with Crippen LogP contribution in [0, 0.1) is 17.3 Å². The smallest absolute Gasteiger partial charge is 0.130 e. The van der Waals surface area contributed by atoms with Crippen LogP contribution < -0.4 is 0 Å². The second-order valence-corrected chi connectivity index (χ2v) is 8.41. The van der Waals surface area contributed by atoms with Crippen molar-refractivity contribution in [1.29, 1.82) is 0 Å². The molecule has 0 saturated heterocycles. The van der Waals surface area contributed by atoms with E-state index in [0.717, 1.165) is 23.7 Å². The number of hydrogen-bond donors (Lipinski definition) is 2. The number of hydrogen-bond acceptors (Lipinski definition) is 2. The van der Waals surface area contributed by atoms with E-state index in [-0.39, 0.29) is 11.5 Å². The molecule has 2 nitrogen and oxygen atoms in total. The second kappa shape index (κ2) is 4.73. The first-order chi connectivity index (χ1) is 10.0. The largest absolute Gasteiger partial charge is 0.507 e. The first-order valence-corrected chi connectivity index (χ1v) is 8.99. The Bertz CT molecular complexity index is 585. The lowest BCUT2D eigenvalue weighted by Gasteiger charge is -2.50. The summed E-state index contributed by atoms with van der Waals surface area (Å²) in [5, 5.41) is 20.3. The number of aliphatic hydroxyl groups excluding tert-OH is 1. The zero-order chi connectivity index (χ0) is 14.8. The molecule has 114 valence electrons. The maximum atomic E-state index is 10.4. The van der Waals surface area contributed by atoms with Gasteiger partial charge in [0.1, 0.15) is 5.75 Å². The number of aryl methyl sites for hydroxylation is 1. The van der Waals surface area contributed by atoms with Gasteiger partial charge in [-0.1, -0.05) is 6.92 Å². The van der Waals surface area contributed by atoms with E-state index in [1.807, 2.05) is 6.07 Å². The van der Waals surface area contributed by atoms with E-state index in [1.165, 1.54) is 30.4 Å². The van der Waals surface area contributed by atoms with Crippen molar-refractivity contribution < 1.29 is 10.2 Å². The Hall–Kier alpha value is -0.540. The van der Waals surface area contributed by atoms with E-state index in [9.17, 15) is 10.2 Å². The molecule has 1 aromatic rings. The van der Waals surface area contributed by atoms with Crippen molar-refractivity contribution >= 4 is 15.9 Å². The number of benzene rings is 1. The predicted molar refractivity (Wildman–Crippen MR) is 86.4 cm³/mol. The first-order valence-electron chi connectivity index (χ1n) is 8.20. The standard InChI is InChI=1S/C18H23BrO2/c1-18-7-6-11-12(14(18)4-5-17(18)21)3-2-10-8-16(20)15(19)9-13(10)11/h8-9,11-12,14,17,20-21H,2-7H2,1H3/t11-,12+,14+,17+,18+/m1/s1. The van der Waals surface area contributed by atoms with Crippen LogP contribution in [0.25, 0.3) is 0 Å². The first kappa shape index (κ1) is 14.1. The van der Waals surface area contributed by atoms with Gasteiger partial charge in [-0.25, -0.2) is 0 Å². The van der Waals surface area contributed by atoms with Crippen molar-refractivity contribution in [3.05, 3.63) is 27.7 Å². The summed E-state index contributed by atoms with van der Waals surface area (Å²) in [6.45, 7) is 2.31. The fraction of sp³-hybridized carbons (Fsp3) is 0.667. The highest BCUT2D eigenvalue weighted by atomic mass is 79.9. The van der Waals surface area contributed by atoms with Crippen LogP contribution in [0.5, 0.6) is 5.75 Å². The summed E-state index contributed by atoms with van der Waals surface area (Å²) >= 11 is 3.48. The SMILES string of the molecule is C[C@]12CC[C@H]3c4cc(Br)c(O)cc4CC[C@@H]3[C@@H]1CC[C@@H]2O. The van der Waals surface area contributed by atoms with Gasteiger partial charge in [0.25, 0.3) is 0 Å². The molecule has 21 heavy (non-hydrogen) atoms. The van der Waals surface area contributed by atoms with Gasteiger partial charge in [0, 0.05) is 0 Å². The summed E-state index contributed by atoms with van der Waals surface area (Å²) in [6, 6.07) is 4.10. The molecular formula is C18H23BrO2. The fourth-order valence-corrected chi connectivity index (χ4v) is 5.91. The van der Waals surface area contributed by atoms with E-state index in [2.05, 4.69) is 28.9 Å². The molecule has 3 aliphatic rings. The number of aromatic hydroxyl groups is 1. The minimum Gasteiger partial charge on any atom is -0.507 e. The minimum atomic E-state index is -0.101. The zero-order valence-corrected chi connectivity index (χ0v) is 14.1. The van der Waals surface area contributed by atoms with Gasteiger partial charge in [-0.3, -0.25) is 0 Å². The molecule has 5 atom stereocenters. The lowest BCUT2D eigenvalue weighted by Crippen LogP contribution is -2.43. The monoisotopic (exact) mass is 350 g/mol. The summed E-state index contributed by atoms with van der Waals surface area (Å²) in [4.78, 5) is 0. The maximum Gasteiger partial charge on any atom is 0.130 e. The highest BCUT2D eigenvalue weighted by molar-refractivity contribution is 9.10. The van der Waals surface area contributed by atoms with Crippen molar-refractivity contribution in [1.82, 2.24) is 0 Å². The molecule has 0 bridgehead atoms. The molecule has 3 heteroatoms. The van der Waals surface area contributed by atoms with Crippen molar-refractivity contribution in [2.75, 3.05) is 0 Å². The van der Waals surface area contributed by atoms with E-state index in [0.29, 0.717) is 23.5 Å². The Balaban J connectivity index is 1.73. The van der Waals surface area contributed by atoms with Crippen LogP contribution in [0.2, 0.25) is 0 Å². The van der Waals surface area contributed by atoms with E-state index in [4.69, 9.17) is 0 Å². The average Bonchev–Trinajstić information content (AvgIpc) is 2.76. The number of phenolic OH excluding ortho intramolecular Hbond substituents is 1. The van der Waals surface area contributed by atoms with Crippen molar-refractivity contribution in [2.24, 2.45) is 17.3 Å². The summed E-state index contributed by atoms with van der Waals surface area (Å²) in [7, 11) is 0. The Morgan fingerprint density at radius 1 is 1.19 bits per heavy atom. The molecule has 0 amide bonds. The van der Waals surface area contributed by atoms with Crippen LogP contribution in [-0.4, -0.2) is 16.3 Å². The fourth-order valence-electron chi connectivity index (χ4n) is 5.55. The van der Waals surface area contributed by atoms with Crippen molar-refractivity contribution in [3.63, 3.8) is 0 Å². The van der Waals surface area contributed by atoms with Gasteiger partial charge in [0.15, 0.2) is 0 Å². The summed E-state index contributed by atoms with van der Waals surface area (Å²) in [5.41, 5.74) is 2.92. The molecule has 2 fully saturated rings. The average molecular weight is 351 g/mol. The van der Waals surface area contributed by atoms with E-state index >= 15 is 0 Å². The van der Waals surface area contributed by atoms with Gasteiger partial charge in [-0.2, -0.15) is 0 Å². The van der Waals surface area contributed by atoms with Crippen LogP contribution >= 0.6 is 15.9 Å². The summed E-state index contributed by atoms with van der Waals surface area (Å²) in [5.74, 6) is 2.37. The molecule has 0 radical (unpaired) electrons. The van der Waals surface area contributed by atoms with Crippen LogP contribution in [0.1, 0.15) is 56.1 Å². The van der Waals surface area contributed by atoms with Crippen LogP contribution in [0.15, 0.2) is 16.6 Å². The molecule has 1 aromatic carbocycles. The van der Waals surface area contributed by atoms with Crippen molar-refractivity contribution in [3.8, 4) is 5.75 Å². The molecule has 0 heterocycles. The molecule has 4 rings (SSSR count). The van der Waals surface area contributed by atoms with Gasteiger partial charge >= 0.3 is 0 Å². The van der Waals surface area contributed by atoms with Crippen molar-refractivity contribution in [2.45, 2.75) is 57.5 Å². The normalized spacial score (nSPS) is 41.3. The Morgan fingerprint density at radius 2 is 2.00 bits per heavy atom. The molecule has 0 aliphatic heterocycles. The molecular weight excluding hydrogens is 328 g/mol. The van der Waals surface area contributed by atoms with Gasteiger partial charge in [-0.05, 0) is 101 Å². The second-order valence-electron chi connectivity index (χ2n) is 7.56. The van der Waals surface area contributed by atoms with Gasteiger partial charge in [-0.15, -0.1) is 0 Å². The molecule has 0 aromatic heterocycles. The summed E-state index contributed by atoms with van der Waals surface area (Å²) in [6.07, 6.45) is 6.67. The van der Waals surface area contributed by atoms with Crippen LogP contribution in [-0.2, 0) is 6.42 Å². The molecule has 2 saturated carbocycles. The number of phenols is 1. The Kier molecular flexibility index (Phi) is 3.17. The Labute approximate surface area is 134 Å². The van der Waals surface area contributed by atoms with Gasteiger partial charge in [0.2, 0.25) is 0 Å². The number of aliphatic hydroxyl groups is 1. The Morgan fingerprint density at radius 3 is 2.81 bits per heavy atom. The maximum absolute atomic E-state index is 10.4. The zero-order valence-electron chi connectivity index (χ0n) is 12.5. The molecule has 2 N–H and O–H groups in total.